The second kappa shape index (κ2) is 11.1. The maximum atomic E-state index is 17.6. The number of allylic oxidation sites excluding steroid dienone is 1. The van der Waals surface area contributed by atoms with Gasteiger partial charge in [-0.3, -0.25) is 9.59 Å². The van der Waals surface area contributed by atoms with Gasteiger partial charge in [-0.25, -0.2) is 8.78 Å². The summed E-state index contributed by atoms with van der Waals surface area (Å²) in [6.45, 7) is 3.89. The smallest absolute Gasteiger partial charge is 0.193 e. The highest BCUT2D eigenvalue weighted by molar-refractivity contribution is 5.92. The summed E-state index contributed by atoms with van der Waals surface area (Å²) in [6, 6.07) is 0. The molecule has 6 unspecified atom stereocenters. The lowest BCUT2D eigenvalue weighted by Crippen LogP contribution is -2.71. The number of aliphatic hydroxyl groups excluding tert-OH is 5. The lowest BCUT2D eigenvalue weighted by molar-refractivity contribution is -0.300. The van der Waals surface area contributed by atoms with Gasteiger partial charge < -0.3 is 44.5 Å². The van der Waals surface area contributed by atoms with Crippen LogP contribution >= 0.6 is 0 Å². The summed E-state index contributed by atoms with van der Waals surface area (Å²) in [4.78, 5) is 26.5. The molecule has 2 aliphatic heterocycles. The van der Waals surface area contributed by atoms with Crippen LogP contribution in [0.5, 0.6) is 0 Å². The van der Waals surface area contributed by atoms with E-state index in [2.05, 4.69) is 0 Å². The molecule has 0 amide bonds. The number of carbonyl (C=O) groups is 2. The van der Waals surface area contributed by atoms with E-state index in [1.807, 2.05) is 6.92 Å². The fourth-order valence-corrected chi connectivity index (χ4v) is 9.71. The highest BCUT2D eigenvalue weighted by Crippen LogP contribution is 2.72. The van der Waals surface area contributed by atoms with E-state index < -0.39 is 108 Å². The average molecular weight is 631 g/mol. The molecule has 0 bridgehead atoms. The van der Waals surface area contributed by atoms with Crippen molar-refractivity contribution in [3.05, 3.63) is 11.6 Å². The molecule has 0 aromatic carbocycles. The van der Waals surface area contributed by atoms with Crippen molar-refractivity contribution in [2.45, 2.75) is 132 Å². The predicted octanol–water partition coefficient (Wildman–Crippen LogP) is 0.805. The van der Waals surface area contributed by atoms with Crippen LogP contribution in [-0.2, 0) is 28.5 Å². The first kappa shape index (κ1) is 32.5. The summed E-state index contributed by atoms with van der Waals surface area (Å²) < 4.78 is 57.3. The van der Waals surface area contributed by atoms with Crippen molar-refractivity contribution < 1.29 is 62.8 Å². The first-order chi connectivity index (χ1) is 20.7. The molecule has 6 aliphatic rings. The molecule has 248 valence electrons. The number of rotatable bonds is 7. The zero-order valence-corrected chi connectivity index (χ0v) is 25.2. The lowest BCUT2D eigenvalue weighted by atomic mass is 9.43. The van der Waals surface area contributed by atoms with E-state index in [1.165, 1.54) is 6.08 Å². The topological polar surface area (TPSA) is 172 Å². The van der Waals surface area contributed by atoms with Crippen LogP contribution in [0.2, 0.25) is 0 Å². The molecule has 13 heteroatoms. The maximum absolute atomic E-state index is 17.6. The summed E-state index contributed by atoms with van der Waals surface area (Å²) in [5.41, 5.74) is -6.50. The summed E-state index contributed by atoms with van der Waals surface area (Å²) in [5, 5.41) is 52.0. The molecule has 4 aliphatic carbocycles. The van der Waals surface area contributed by atoms with Crippen molar-refractivity contribution in [3.8, 4) is 0 Å². The number of Topliss-reactive ketones (excluding diaryl/α,β-unsaturated/α-hetero) is 1. The Balaban J connectivity index is 1.33. The molecule has 2 saturated heterocycles. The van der Waals surface area contributed by atoms with E-state index in [9.17, 15) is 35.1 Å². The van der Waals surface area contributed by atoms with E-state index in [1.54, 1.807) is 13.8 Å². The van der Waals surface area contributed by atoms with Crippen LogP contribution < -0.4 is 0 Å². The molecular formula is C31H44F2O11. The largest absolute Gasteiger partial charge is 0.394 e. The quantitative estimate of drug-likeness (QED) is 0.270. The summed E-state index contributed by atoms with van der Waals surface area (Å²) in [6.07, 6.45) is -10.5. The monoisotopic (exact) mass is 630 g/mol. The first-order valence-corrected chi connectivity index (χ1v) is 15.7. The van der Waals surface area contributed by atoms with Gasteiger partial charge in [0.05, 0.1) is 18.8 Å². The second-order valence-electron chi connectivity index (χ2n) is 14.1. The third-order valence-corrected chi connectivity index (χ3v) is 12.0. The molecule has 3 saturated carbocycles. The van der Waals surface area contributed by atoms with E-state index in [4.69, 9.17) is 18.9 Å². The highest BCUT2D eigenvalue weighted by Gasteiger charge is 2.80. The molecule has 15 atom stereocenters. The molecule has 5 fully saturated rings. The Morgan fingerprint density at radius 1 is 1.09 bits per heavy atom. The van der Waals surface area contributed by atoms with Gasteiger partial charge in [0.2, 0.25) is 0 Å². The zero-order valence-electron chi connectivity index (χ0n) is 25.2. The van der Waals surface area contributed by atoms with Crippen molar-refractivity contribution in [2.75, 3.05) is 13.2 Å². The lowest BCUT2D eigenvalue weighted by Gasteiger charge is -2.64. The third-order valence-electron chi connectivity index (χ3n) is 12.0. The van der Waals surface area contributed by atoms with E-state index in [0.29, 0.717) is 12.8 Å². The van der Waals surface area contributed by atoms with Crippen molar-refractivity contribution in [3.63, 3.8) is 0 Å². The van der Waals surface area contributed by atoms with E-state index in [0.717, 1.165) is 0 Å². The van der Waals surface area contributed by atoms with Crippen molar-refractivity contribution in [2.24, 2.45) is 22.7 Å². The second-order valence-corrected chi connectivity index (χ2v) is 14.1. The minimum absolute atomic E-state index is 0.0467. The maximum Gasteiger partial charge on any atom is 0.193 e. The molecular weight excluding hydrogens is 586 g/mol. The third kappa shape index (κ3) is 4.23. The van der Waals surface area contributed by atoms with Crippen LogP contribution in [-0.4, -0.2) is 117 Å². The number of fused-ring (bicyclic) bond motifs is 7. The van der Waals surface area contributed by atoms with Gasteiger partial charge in [0.15, 0.2) is 29.7 Å². The predicted molar refractivity (Wildman–Crippen MR) is 146 cm³/mol. The van der Waals surface area contributed by atoms with Crippen LogP contribution in [0.15, 0.2) is 11.6 Å². The van der Waals surface area contributed by atoms with E-state index >= 15 is 8.78 Å². The minimum Gasteiger partial charge on any atom is -0.394 e. The average Bonchev–Trinajstić information content (AvgIpc) is 3.46. The van der Waals surface area contributed by atoms with E-state index in [-0.39, 0.29) is 43.5 Å². The SMILES string of the molecule is CCCC1OC2CC3C4C[C@H](F)C5=CC(=O)CC[C@]5(C)[C@@]4(F)[C@@H](O)C[C@]3(C)C2(C(=O)COC2O[C@H](CO)[C@@H](O)[C@H](O)[C@H]2O)O1. The molecule has 2 heterocycles. The number of halogens is 2. The van der Waals surface area contributed by atoms with Crippen LogP contribution in [0.3, 0.4) is 0 Å². The van der Waals surface area contributed by atoms with Gasteiger partial charge in [-0.15, -0.1) is 0 Å². The Labute approximate surface area is 254 Å². The number of alkyl halides is 2. The molecule has 44 heavy (non-hydrogen) atoms. The fourth-order valence-electron chi connectivity index (χ4n) is 9.71. The van der Waals surface area contributed by atoms with Gasteiger partial charge in [0.25, 0.3) is 0 Å². The standard InChI is InChI=1S/C31H44F2O11/c1-4-5-23-43-22-10-15-16-9-18(32)17-8-14(35)6-7-28(17,2)30(16,33)20(36)11-29(15,3)31(22,44-23)21(37)13-41-27-26(40)25(39)24(38)19(12-34)42-27/h8,15-16,18-20,22-27,34,36,38-40H,4-7,9-13H2,1-3H3/t15?,16?,18-,19+,20-,22?,23?,24+,25-,26+,27?,28-,29-,30-,31?/m0/s1. The van der Waals surface area contributed by atoms with Crippen molar-refractivity contribution in [1.29, 1.82) is 0 Å². The van der Waals surface area contributed by atoms with Gasteiger partial charge in [-0.05, 0) is 49.7 Å². The fraction of sp³-hybridized carbons (Fsp3) is 0.871. The summed E-state index contributed by atoms with van der Waals surface area (Å²) in [7, 11) is 0. The zero-order chi connectivity index (χ0) is 32.0. The number of ether oxygens (including phenoxy) is 4. The van der Waals surface area contributed by atoms with Crippen LogP contribution in [0.25, 0.3) is 0 Å². The molecule has 0 spiro atoms. The van der Waals surface area contributed by atoms with Gasteiger partial charge in [-0.2, -0.15) is 0 Å². The van der Waals surface area contributed by atoms with Crippen molar-refractivity contribution in [1.82, 2.24) is 0 Å². The van der Waals surface area contributed by atoms with Crippen LogP contribution in [0.1, 0.15) is 65.7 Å². The van der Waals surface area contributed by atoms with Crippen molar-refractivity contribution >= 4 is 11.6 Å². The number of hydrogen-bond donors (Lipinski definition) is 5. The Morgan fingerprint density at radius 3 is 2.50 bits per heavy atom. The molecule has 0 radical (unpaired) electrons. The Morgan fingerprint density at radius 2 is 1.82 bits per heavy atom. The number of hydrogen-bond acceptors (Lipinski definition) is 11. The van der Waals surface area contributed by atoms with Gasteiger partial charge in [0, 0.05) is 23.2 Å². The number of aliphatic hydroxyl groups is 5. The Hall–Kier alpha value is -1.42. The van der Waals surface area contributed by atoms with Gasteiger partial charge in [-0.1, -0.05) is 27.2 Å². The molecule has 0 aromatic rings. The van der Waals surface area contributed by atoms with Crippen LogP contribution in [0.4, 0.5) is 8.78 Å². The number of ketones is 2. The molecule has 6 rings (SSSR count). The summed E-state index contributed by atoms with van der Waals surface area (Å²) >= 11 is 0. The van der Waals surface area contributed by atoms with Gasteiger partial charge in [0.1, 0.15) is 42.9 Å². The molecule has 11 nitrogen and oxygen atoms in total. The summed E-state index contributed by atoms with van der Waals surface area (Å²) in [5.74, 6) is -2.50. The van der Waals surface area contributed by atoms with Gasteiger partial charge >= 0.3 is 0 Å². The first-order valence-electron chi connectivity index (χ1n) is 15.7. The normalized spacial score (nSPS) is 53.4. The Bertz CT molecular complexity index is 1200. The highest BCUT2D eigenvalue weighted by atomic mass is 19.1. The minimum atomic E-state index is -2.26. The number of carbonyl (C=O) groups excluding carboxylic acids is 2. The molecule has 0 aromatic heterocycles. The van der Waals surface area contributed by atoms with Crippen LogP contribution in [0, 0.1) is 22.7 Å². The molecule has 5 N–H and O–H groups in total. The Kier molecular flexibility index (Phi) is 8.20.